The van der Waals surface area contributed by atoms with Gasteiger partial charge in [-0.15, -0.1) is 0 Å². The summed E-state index contributed by atoms with van der Waals surface area (Å²) in [5, 5.41) is 8.66. The number of hydrogen-bond acceptors (Lipinski definition) is 4. The molecule has 5 nitrogen and oxygen atoms in total. The lowest BCUT2D eigenvalue weighted by atomic mass is 10.3. The molecule has 0 bridgehead atoms. The van der Waals surface area contributed by atoms with Crippen LogP contribution in [0.15, 0.2) is 0 Å². The number of sulfonamides is 1. The Morgan fingerprint density at radius 3 is 2.80 bits per heavy atom. The van der Waals surface area contributed by atoms with E-state index in [9.17, 15) is 8.42 Å². The molecule has 0 aliphatic carbocycles. The quantitative estimate of drug-likeness (QED) is 0.696. The van der Waals surface area contributed by atoms with E-state index in [1.807, 2.05) is 19.9 Å². The number of rotatable bonds is 3. The van der Waals surface area contributed by atoms with E-state index in [4.69, 9.17) is 10.00 Å². The fraction of sp³-hybridized carbons (Fsp3) is 0.889. The van der Waals surface area contributed by atoms with E-state index in [0.717, 1.165) is 0 Å². The van der Waals surface area contributed by atoms with E-state index in [2.05, 4.69) is 0 Å². The fourth-order valence-electron chi connectivity index (χ4n) is 1.48. The Balaban J connectivity index is 2.67. The number of ether oxygens (including phenoxy) is 1. The maximum absolute atomic E-state index is 11.8. The summed E-state index contributed by atoms with van der Waals surface area (Å²) >= 11 is 0. The van der Waals surface area contributed by atoms with E-state index < -0.39 is 16.1 Å². The Labute approximate surface area is 90.7 Å². The standard InChI is InChI=1S/C9H16N2O3S/c1-8(2)7-15(12,13)11-3-4-14-9(5-10)6-11/h8-9H,3-4,6-7H2,1-2H3. The molecule has 0 radical (unpaired) electrons. The highest BCUT2D eigenvalue weighted by Crippen LogP contribution is 2.12. The molecule has 1 rings (SSSR count). The van der Waals surface area contributed by atoms with Gasteiger partial charge >= 0.3 is 0 Å². The van der Waals surface area contributed by atoms with Crippen molar-refractivity contribution in [2.75, 3.05) is 25.4 Å². The van der Waals surface area contributed by atoms with E-state index in [0.29, 0.717) is 13.2 Å². The van der Waals surface area contributed by atoms with E-state index in [-0.39, 0.29) is 18.2 Å². The maximum atomic E-state index is 11.8. The lowest BCUT2D eigenvalue weighted by Crippen LogP contribution is -2.46. The van der Waals surface area contributed by atoms with Gasteiger partial charge in [0.15, 0.2) is 6.10 Å². The van der Waals surface area contributed by atoms with E-state index in [1.54, 1.807) is 0 Å². The molecular weight excluding hydrogens is 216 g/mol. The molecule has 1 unspecified atom stereocenters. The first-order valence-corrected chi connectivity index (χ1v) is 6.55. The van der Waals surface area contributed by atoms with Crippen molar-refractivity contribution < 1.29 is 13.2 Å². The molecule has 6 heteroatoms. The highest BCUT2D eigenvalue weighted by Gasteiger charge is 2.29. The van der Waals surface area contributed by atoms with Crippen LogP contribution in [0.4, 0.5) is 0 Å². The van der Waals surface area contributed by atoms with Gasteiger partial charge in [-0.05, 0) is 5.92 Å². The van der Waals surface area contributed by atoms with E-state index >= 15 is 0 Å². The summed E-state index contributed by atoms with van der Waals surface area (Å²) in [6.07, 6.45) is -0.624. The number of nitriles is 1. The van der Waals surface area contributed by atoms with Crippen LogP contribution in [0.2, 0.25) is 0 Å². The molecule has 0 amide bonds. The van der Waals surface area contributed by atoms with Gasteiger partial charge in [0, 0.05) is 6.54 Å². The van der Waals surface area contributed by atoms with E-state index in [1.165, 1.54) is 4.31 Å². The lowest BCUT2D eigenvalue weighted by molar-refractivity contribution is 0.0310. The van der Waals surface area contributed by atoms with Gasteiger partial charge in [-0.25, -0.2) is 8.42 Å². The normalized spacial score (nSPS) is 24.0. The van der Waals surface area contributed by atoms with Crippen molar-refractivity contribution in [2.45, 2.75) is 20.0 Å². The van der Waals surface area contributed by atoms with Crippen LogP contribution in [0.5, 0.6) is 0 Å². The van der Waals surface area contributed by atoms with Crippen LogP contribution in [-0.2, 0) is 14.8 Å². The topological polar surface area (TPSA) is 70.4 Å². The third-order valence-corrected chi connectivity index (χ3v) is 4.32. The molecule has 0 spiro atoms. The lowest BCUT2D eigenvalue weighted by Gasteiger charge is -2.29. The van der Waals surface area contributed by atoms with Crippen LogP contribution >= 0.6 is 0 Å². The highest BCUT2D eigenvalue weighted by atomic mass is 32.2. The second-order valence-corrected chi connectivity index (χ2v) is 6.03. The summed E-state index contributed by atoms with van der Waals surface area (Å²) in [5.74, 6) is 0.226. The van der Waals surface area contributed by atoms with Gasteiger partial charge in [0.1, 0.15) is 0 Å². The molecule has 1 aliphatic rings. The monoisotopic (exact) mass is 232 g/mol. The summed E-state index contributed by atoms with van der Waals surface area (Å²) in [7, 11) is -3.22. The van der Waals surface area contributed by atoms with Crippen LogP contribution < -0.4 is 0 Å². The SMILES string of the molecule is CC(C)CS(=O)(=O)N1CCOC(C#N)C1. The zero-order chi connectivity index (χ0) is 11.5. The third kappa shape index (κ3) is 3.45. The summed E-state index contributed by atoms with van der Waals surface area (Å²) in [6.45, 7) is 4.54. The summed E-state index contributed by atoms with van der Waals surface area (Å²) in [4.78, 5) is 0. The Bertz CT molecular complexity index is 345. The van der Waals surface area contributed by atoms with Gasteiger partial charge in [0.2, 0.25) is 10.0 Å². The molecule has 86 valence electrons. The Hall–Kier alpha value is -0.640. The molecule has 15 heavy (non-hydrogen) atoms. The minimum Gasteiger partial charge on any atom is -0.361 e. The Kier molecular flexibility index (Phi) is 4.08. The summed E-state index contributed by atoms with van der Waals surface area (Å²) in [6, 6.07) is 1.93. The molecule has 1 heterocycles. The van der Waals surface area contributed by atoms with Gasteiger partial charge in [0.05, 0.1) is 25.0 Å². The van der Waals surface area contributed by atoms with Gasteiger partial charge < -0.3 is 4.74 Å². The van der Waals surface area contributed by atoms with Crippen LogP contribution in [0.1, 0.15) is 13.8 Å². The number of morpholine rings is 1. The predicted molar refractivity (Wildman–Crippen MR) is 55.6 cm³/mol. The summed E-state index contributed by atoms with van der Waals surface area (Å²) in [5.41, 5.74) is 0. The number of nitrogens with zero attached hydrogens (tertiary/aromatic N) is 2. The van der Waals surface area contributed by atoms with Gasteiger partial charge in [-0.1, -0.05) is 13.8 Å². The largest absolute Gasteiger partial charge is 0.361 e. The van der Waals surface area contributed by atoms with Gasteiger partial charge in [-0.2, -0.15) is 9.57 Å². The van der Waals surface area contributed by atoms with Crippen molar-refractivity contribution in [3.8, 4) is 6.07 Å². The van der Waals surface area contributed by atoms with Crippen LogP contribution in [-0.4, -0.2) is 44.3 Å². The van der Waals surface area contributed by atoms with Crippen LogP contribution in [0.25, 0.3) is 0 Å². The van der Waals surface area contributed by atoms with Crippen LogP contribution in [0, 0.1) is 17.2 Å². The average Bonchev–Trinajstić information content (AvgIpc) is 2.16. The zero-order valence-corrected chi connectivity index (χ0v) is 9.83. The molecule has 0 aromatic carbocycles. The second kappa shape index (κ2) is 4.92. The molecule has 0 aromatic rings. The molecule has 1 saturated heterocycles. The molecule has 0 N–H and O–H groups in total. The smallest absolute Gasteiger partial charge is 0.214 e. The summed E-state index contributed by atoms with van der Waals surface area (Å²) < 4.78 is 30.1. The van der Waals surface area contributed by atoms with Crippen molar-refractivity contribution >= 4 is 10.0 Å². The molecule has 1 atom stereocenters. The Morgan fingerprint density at radius 1 is 1.60 bits per heavy atom. The highest BCUT2D eigenvalue weighted by molar-refractivity contribution is 7.89. The van der Waals surface area contributed by atoms with Crippen molar-refractivity contribution in [1.29, 1.82) is 5.26 Å². The van der Waals surface area contributed by atoms with Crippen LogP contribution in [0.3, 0.4) is 0 Å². The van der Waals surface area contributed by atoms with Crippen molar-refractivity contribution in [3.05, 3.63) is 0 Å². The second-order valence-electron chi connectivity index (χ2n) is 4.02. The first-order valence-electron chi connectivity index (χ1n) is 4.94. The third-order valence-electron chi connectivity index (χ3n) is 2.11. The molecule has 1 fully saturated rings. The first-order chi connectivity index (χ1) is 6.95. The number of hydrogen-bond donors (Lipinski definition) is 0. The van der Waals surface area contributed by atoms with Crippen molar-refractivity contribution in [3.63, 3.8) is 0 Å². The van der Waals surface area contributed by atoms with Gasteiger partial charge in [0.25, 0.3) is 0 Å². The predicted octanol–water partition coefficient (Wildman–Crippen LogP) is 0.197. The first kappa shape index (κ1) is 12.4. The van der Waals surface area contributed by atoms with Gasteiger partial charge in [-0.3, -0.25) is 0 Å². The fourth-order valence-corrected chi connectivity index (χ4v) is 3.25. The maximum Gasteiger partial charge on any atom is 0.214 e. The minimum atomic E-state index is -3.22. The molecule has 0 saturated carbocycles. The molecule has 0 aromatic heterocycles. The minimum absolute atomic E-state index is 0.0957. The zero-order valence-electron chi connectivity index (χ0n) is 9.01. The molecule has 1 aliphatic heterocycles. The average molecular weight is 232 g/mol. The molecular formula is C9H16N2O3S. The van der Waals surface area contributed by atoms with Crippen molar-refractivity contribution in [1.82, 2.24) is 4.31 Å². The van der Waals surface area contributed by atoms with Crippen molar-refractivity contribution in [2.24, 2.45) is 5.92 Å². The Morgan fingerprint density at radius 2 is 2.27 bits per heavy atom.